The molecule has 8 nitrogen and oxygen atoms in total. The third-order valence-electron chi connectivity index (χ3n) is 4.89. The number of hydrogen-bond donors (Lipinski definition) is 1. The van der Waals surface area contributed by atoms with Gasteiger partial charge in [0.1, 0.15) is 0 Å². The Bertz CT molecular complexity index is 1090. The molecule has 1 aliphatic rings. The Morgan fingerprint density at radius 1 is 1.15 bits per heavy atom. The van der Waals surface area contributed by atoms with Crippen LogP contribution in [0.2, 0.25) is 0 Å². The Labute approximate surface area is 150 Å². The molecule has 1 atom stereocenters. The normalized spacial score (nSPS) is 16.8. The lowest BCUT2D eigenvalue weighted by Crippen LogP contribution is -2.35. The maximum atomic E-state index is 12.4. The molecule has 4 rings (SSSR count). The molecule has 0 amide bonds. The number of aromatic amines is 1. The van der Waals surface area contributed by atoms with Crippen molar-refractivity contribution >= 4 is 28.5 Å². The van der Waals surface area contributed by atoms with Crippen LogP contribution in [0.3, 0.4) is 0 Å². The zero-order valence-electron chi connectivity index (χ0n) is 15.4. The number of fused-ring (bicyclic) bond motifs is 3. The van der Waals surface area contributed by atoms with E-state index in [9.17, 15) is 9.59 Å². The third-order valence-corrected chi connectivity index (χ3v) is 4.89. The number of hydrogen-bond acceptors (Lipinski definition) is 5. The molecule has 3 heterocycles. The molecule has 8 heteroatoms. The van der Waals surface area contributed by atoms with Gasteiger partial charge in [0.05, 0.1) is 0 Å². The fourth-order valence-corrected chi connectivity index (χ4v) is 3.52. The quantitative estimate of drug-likeness (QED) is 0.750. The van der Waals surface area contributed by atoms with E-state index in [1.807, 2.05) is 23.6 Å². The van der Waals surface area contributed by atoms with Gasteiger partial charge in [-0.25, -0.2) is 4.79 Å². The fourth-order valence-electron chi connectivity index (χ4n) is 3.52. The summed E-state index contributed by atoms with van der Waals surface area (Å²) in [5, 5.41) is 0. The Hall–Kier alpha value is -3.03. The number of aromatic nitrogens is 4. The van der Waals surface area contributed by atoms with E-state index in [0.29, 0.717) is 29.6 Å². The molecule has 0 unspecified atom stereocenters. The summed E-state index contributed by atoms with van der Waals surface area (Å²) in [6.07, 6.45) is 0. The second-order valence-electron chi connectivity index (χ2n) is 7.14. The van der Waals surface area contributed by atoms with Gasteiger partial charge in [0.15, 0.2) is 11.2 Å². The van der Waals surface area contributed by atoms with Crippen molar-refractivity contribution < 1.29 is 0 Å². The third kappa shape index (κ3) is 2.40. The molecule has 0 saturated carbocycles. The molecule has 0 fully saturated rings. The van der Waals surface area contributed by atoms with Crippen molar-refractivity contribution in [3.05, 3.63) is 45.1 Å². The molecule has 0 spiro atoms. The Balaban J connectivity index is 1.92. The maximum Gasteiger partial charge on any atom is 0.329 e. The van der Waals surface area contributed by atoms with E-state index < -0.39 is 5.69 Å². The molecule has 1 aliphatic heterocycles. The Morgan fingerprint density at radius 3 is 2.50 bits per heavy atom. The first kappa shape index (κ1) is 16.4. The highest BCUT2D eigenvalue weighted by Crippen LogP contribution is 2.33. The van der Waals surface area contributed by atoms with E-state index in [1.165, 1.54) is 4.57 Å². The molecular formula is C18H22N6O2. The van der Waals surface area contributed by atoms with Gasteiger partial charge in [0.25, 0.3) is 5.56 Å². The van der Waals surface area contributed by atoms with Crippen molar-refractivity contribution in [2.24, 2.45) is 13.0 Å². The summed E-state index contributed by atoms with van der Waals surface area (Å²) in [5.74, 6) is 1.03. The van der Waals surface area contributed by atoms with Gasteiger partial charge in [-0.05, 0) is 30.2 Å². The van der Waals surface area contributed by atoms with Gasteiger partial charge in [-0.15, -0.1) is 0 Å². The predicted molar refractivity (Wildman–Crippen MR) is 103 cm³/mol. The van der Waals surface area contributed by atoms with Crippen molar-refractivity contribution in [2.45, 2.75) is 13.5 Å². The van der Waals surface area contributed by atoms with Gasteiger partial charge >= 0.3 is 5.69 Å². The lowest BCUT2D eigenvalue weighted by molar-refractivity contribution is 0.458. The zero-order chi connectivity index (χ0) is 18.6. The van der Waals surface area contributed by atoms with E-state index >= 15 is 0 Å². The summed E-state index contributed by atoms with van der Waals surface area (Å²) >= 11 is 0. The van der Waals surface area contributed by atoms with E-state index in [4.69, 9.17) is 0 Å². The lowest BCUT2D eigenvalue weighted by Gasteiger charge is -2.33. The van der Waals surface area contributed by atoms with E-state index in [2.05, 4.69) is 46.1 Å². The Kier molecular flexibility index (Phi) is 3.64. The number of nitrogens with one attached hydrogen (secondary N) is 1. The van der Waals surface area contributed by atoms with E-state index in [-0.39, 0.29) is 5.56 Å². The Morgan fingerprint density at radius 2 is 1.85 bits per heavy atom. The van der Waals surface area contributed by atoms with Crippen molar-refractivity contribution in [3.63, 3.8) is 0 Å². The molecule has 1 N–H and O–H groups in total. The summed E-state index contributed by atoms with van der Waals surface area (Å²) < 4.78 is 3.31. The molecule has 2 aromatic heterocycles. The van der Waals surface area contributed by atoms with Gasteiger partial charge in [-0.1, -0.05) is 6.92 Å². The highest BCUT2D eigenvalue weighted by Gasteiger charge is 2.28. The number of imidazole rings is 1. The van der Waals surface area contributed by atoms with Crippen LogP contribution in [-0.2, 0) is 13.6 Å². The van der Waals surface area contributed by atoms with Crippen LogP contribution in [0.5, 0.6) is 0 Å². The molecule has 26 heavy (non-hydrogen) atoms. The number of rotatable bonds is 2. The SMILES string of the molecule is C[C@@H]1CN(c2ccc(N(C)C)cc2)c2nc3c(c(=O)[nH]c(=O)n3C)n2C1. The topological polar surface area (TPSA) is 79.2 Å². The highest BCUT2D eigenvalue weighted by atomic mass is 16.2. The minimum Gasteiger partial charge on any atom is -0.378 e. The molecule has 0 saturated heterocycles. The van der Waals surface area contributed by atoms with Crippen molar-refractivity contribution in [2.75, 3.05) is 30.4 Å². The van der Waals surface area contributed by atoms with Crippen LogP contribution in [0.15, 0.2) is 33.9 Å². The number of anilines is 3. The number of benzene rings is 1. The largest absolute Gasteiger partial charge is 0.378 e. The van der Waals surface area contributed by atoms with Gasteiger partial charge in [0.2, 0.25) is 5.95 Å². The summed E-state index contributed by atoms with van der Waals surface area (Å²) in [6, 6.07) is 8.23. The van der Waals surface area contributed by atoms with Crippen molar-refractivity contribution in [3.8, 4) is 0 Å². The minimum absolute atomic E-state index is 0.338. The predicted octanol–water partition coefficient (Wildman–Crippen LogP) is 1.28. The van der Waals surface area contributed by atoms with Crippen LogP contribution in [0.4, 0.5) is 17.3 Å². The van der Waals surface area contributed by atoms with Gasteiger partial charge in [0, 0.05) is 45.6 Å². The molecule has 0 aliphatic carbocycles. The first-order chi connectivity index (χ1) is 12.4. The molecule has 0 radical (unpaired) electrons. The molecule has 3 aromatic rings. The molecule has 1 aromatic carbocycles. The fraction of sp³-hybridized carbons (Fsp3) is 0.389. The highest BCUT2D eigenvalue weighted by molar-refractivity contribution is 5.77. The number of nitrogens with zero attached hydrogens (tertiary/aromatic N) is 5. The van der Waals surface area contributed by atoms with Crippen molar-refractivity contribution in [1.29, 1.82) is 0 Å². The minimum atomic E-state index is -0.451. The van der Waals surface area contributed by atoms with Gasteiger partial charge in [-0.3, -0.25) is 14.3 Å². The standard InChI is InChI=1S/C18H22N6O2/c1-11-9-23(13-7-5-12(6-8-13)21(2)3)17-19-15-14(24(17)10-11)16(25)20-18(26)22(15)4/h5-8,11H,9-10H2,1-4H3,(H,20,25,26)/t11-/m1/s1. The number of aryl methyl sites for hydroxylation is 1. The van der Waals surface area contributed by atoms with Crippen LogP contribution in [0.25, 0.3) is 11.2 Å². The zero-order valence-corrected chi connectivity index (χ0v) is 15.4. The average Bonchev–Trinajstić information content (AvgIpc) is 2.99. The summed E-state index contributed by atoms with van der Waals surface area (Å²) in [6.45, 7) is 3.64. The summed E-state index contributed by atoms with van der Waals surface area (Å²) in [7, 11) is 5.63. The van der Waals surface area contributed by atoms with Gasteiger partial charge < -0.3 is 14.4 Å². The van der Waals surface area contributed by atoms with Crippen molar-refractivity contribution in [1.82, 2.24) is 19.1 Å². The number of H-pyrrole nitrogens is 1. The van der Waals surface area contributed by atoms with Crippen LogP contribution in [0.1, 0.15) is 6.92 Å². The lowest BCUT2D eigenvalue weighted by atomic mass is 10.1. The van der Waals surface area contributed by atoms with Gasteiger partial charge in [-0.2, -0.15) is 4.98 Å². The van der Waals surface area contributed by atoms with Crippen LogP contribution < -0.4 is 21.0 Å². The first-order valence-corrected chi connectivity index (χ1v) is 8.61. The molecular weight excluding hydrogens is 332 g/mol. The maximum absolute atomic E-state index is 12.4. The van der Waals surface area contributed by atoms with Crippen LogP contribution in [0, 0.1) is 5.92 Å². The van der Waals surface area contributed by atoms with E-state index in [1.54, 1.807) is 7.05 Å². The molecule has 0 bridgehead atoms. The van der Waals surface area contributed by atoms with Crippen LogP contribution in [-0.4, -0.2) is 39.7 Å². The first-order valence-electron chi connectivity index (χ1n) is 8.61. The van der Waals surface area contributed by atoms with E-state index in [0.717, 1.165) is 17.9 Å². The molecule has 136 valence electrons. The second-order valence-corrected chi connectivity index (χ2v) is 7.14. The summed E-state index contributed by atoms with van der Waals surface area (Å²) in [4.78, 5) is 35.5. The average molecular weight is 354 g/mol. The second kappa shape index (κ2) is 5.76. The van der Waals surface area contributed by atoms with Crippen LogP contribution >= 0.6 is 0 Å². The summed E-state index contributed by atoms with van der Waals surface area (Å²) in [5.41, 5.74) is 2.15. The monoisotopic (exact) mass is 354 g/mol. The smallest absolute Gasteiger partial charge is 0.329 e.